The molecule has 1 rings (SSSR count). The average molecular weight is 254 g/mol. The Morgan fingerprint density at radius 3 is 2.33 bits per heavy atom. The van der Waals surface area contributed by atoms with Crippen LogP contribution in [-0.4, -0.2) is 30.1 Å². The van der Waals surface area contributed by atoms with Crippen molar-refractivity contribution in [3.05, 3.63) is 24.0 Å². The summed E-state index contributed by atoms with van der Waals surface area (Å²) in [5.74, 6) is -0.146. The summed E-state index contributed by atoms with van der Waals surface area (Å²) >= 11 is 0. The molecule has 4 heteroatoms. The number of hydrogen-bond donors (Lipinski definition) is 1. The van der Waals surface area contributed by atoms with E-state index in [2.05, 4.69) is 32.6 Å². The first-order valence-corrected chi connectivity index (χ1v) is 6.35. The zero-order valence-corrected chi connectivity index (χ0v) is 11.6. The number of rotatable bonds is 6. The van der Waals surface area contributed by atoms with Crippen molar-refractivity contribution in [2.45, 2.75) is 39.8 Å². The first kappa shape index (κ1) is 14.8. The number of nitrogens with zero attached hydrogens (tertiary/aromatic N) is 1. The van der Waals surface area contributed by atoms with Crippen molar-refractivity contribution >= 4 is 5.69 Å². The number of nitrogen functional groups attached to an aromatic ring is 1. The molecule has 18 heavy (non-hydrogen) atoms. The predicted octanol–water partition coefficient (Wildman–Crippen LogP) is 2.91. The van der Waals surface area contributed by atoms with Gasteiger partial charge in [0.25, 0.3) is 0 Å². The van der Waals surface area contributed by atoms with Gasteiger partial charge in [0.2, 0.25) is 0 Å². The van der Waals surface area contributed by atoms with E-state index in [1.807, 2.05) is 0 Å². The van der Waals surface area contributed by atoms with E-state index in [9.17, 15) is 4.39 Å². The van der Waals surface area contributed by atoms with Crippen LogP contribution >= 0.6 is 0 Å². The molecule has 102 valence electrons. The van der Waals surface area contributed by atoms with Crippen LogP contribution in [-0.2, 0) is 0 Å². The molecule has 0 unspecified atom stereocenters. The van der Waals surface area contributed by atoms with E-state index in [1.54, 1.807) is 12.1 Å². The average Bonchev–Trinajstić information content (AvgIpc) is 2.25. The van der Waals surface area contributed by atoms with Gasteiger partial charge in [0.05, 0.1) is 0 Å². The van der Waals surface area contributed by atoms with Crippen molar-refractivity contribution in [3.8, 4) is 5.75 Å². The molecule has 0 aromatic heterocycles. The van der Waals surface area contributed by atoms with Crippen LogP contribution in [0.2, 0.25) is 0 Å². The Kier molecular flexibility index (Phi) is 5.41. The molecule has 0 atom stereocenters. The standard InChI is InChI=1S/C14H23FN2O/c1-10(2)17(11(3)4)7-8-18-14-6-5-12(16)9-13(14)15/h5-6,9-11H,7-8,16H2,1-4H3. The summed E-state index contributed by atoms with van der Waals surface area (Å²) < 4.78 is 18.9. The van der Waals surface area contributed by atoms with Crippen LogP contribution in [0, 0.1) is 5.82 Å². The summed E-state index contributed by atoms with van der Waals surface area (Å²) in [7, 11) is 0. The van der Waals surface area contributed by atoms with Gasteiger partial charge in [-0.05, 0) is 39.8 Å². The number of halogens is 1. The Morgan fingerprint density at radius 2 is 1.83 bits per heavy atom. The summed E-state index contributed by atoms with van der Waals surface area (Å²) in [6, 6.07) is 5.38. The van der Waals surface area contributed by atoms with Gasteiger partial charge < -0.3 is 10.5 Å². The SMILES string of the molecule is CC(C)N(CCOc1ccc(N)cc1F)C(C)C. The van der Waals surface area contributed by atoms with Crippen molar-refractivity contribution in [2.24, 2.45) is 0 Å². The summed E-state index contributed by atoms with van der Waals surface area (Å²) in [5, 5.41) is 0. The van der Waals surface area contributed by atoms with E-state index in [0.29, 0.717) is 24.4 Å². The van der Waals surface area contributed by atoms with Crippen LogP contribution in [0.25, 0.3) is 0 Å². The minimum atomic E-state index is -0.407. The largest absolute Gasteiger partial charge is 0.489 e. The first-order chi connectivity index (χ1) is 8.41. The molecule has 0 amide bonds. The van der Waals surface area contributed by atoms with Crippen molar-refractivity contribution < 1.29 is 9.13 Å². The van der Waals surface area contributed by atoms with E-state index < -0.39 is 5.82 Å². The van der Waals surface area contributed by atoms with Crippen molar-refractivity contribution in [1.82, 2.24) is 4.90 Å². The van der Waals surface area contributed by atoms with Crippen LogP contribution in [0.4, 0.5) is 10.1 Å². The summed E-state index contributed by atoms with van der Waals surface area (Å²) in [4.78, 5) is 2.30. The van der Waals surface area contributed by atoms with Gasteiger partial charge in [-0.15, -0.1) is 0 Å². The molecule has 0 heterocycles. The lowest BCUT2D eigenvalue weighted by Gasteiger charge is -2.30. The van der Waals surface area contributed by atoms with E-state index in [0.717, 1.165) is 6.54 Å². The van der Waals surface area contributed by atoms with Gasteiger partial charge in [-0.2, -0.15) is 0 Å². The lowest BCUT2D eigenvalue weighted by atomic mass is 10.2. The first-order valence-electron chi connectivity index (χ1n) is 6.35. The number of ether oxygens (including phenoxy) is 1. The van der Waals surface area contributed by atoms with Gasteiger partial charge >= 0.3 is 0 Å². The molecule has 0 aliphatic rings. The molecule has 1 aromatic carbocycles. The fourth-order valence-electron chi connectivity index (χ4n) is 2.01. The highest BCUT2D eigenvalue weighted by Gasteiger charge is 2.13. The lowest BCUT2D eigenvalue weighted by molar-refractivity contribution is 0.140. The fourth-order valence-corrected chi connectivity index (χ4v) is 2.01. The van der Waals surface area contributed by atoms with Crippen LogP contribution in [0.5, 0.6) is 5.75 Å². The van der Waals surface area contributed by atoms with Crippen LogP contribution in [0.1, 0.15) is 27.7 Å². The Balaban J connectivity index is 2.50. The molecule has 0 spiro atoms. The maximum atomic E-state index is 13.5. The van der Waals surface area contributed by atoms with Crippen LogP contribution in [0.3, 0.4) is 0 Å². The zero-order chi connectivity index (χ0) is 13.7. The van der Waals surface area contributed by atoms with Gasteiger partial charge in [-0.1, -0.05) is 0 Å². The summed E-state index contributed by atoms with van der Waals surface area (Å²) in [6.07, 6.45) is 0. The molecule has 0 fully saturated rings. The molecule has 0 aliphatic carbocycles. The predicted molar refractivity (Wildman–Crippen MR) is 73.3 cm³/mol. The molecular weight excluding hydrogens is 231 g/mol. The molecule has 0 saturated heterocycles. The molecule has 2 N–H and O–H groups in total. The third kappa shape index (κ3) is 4.18. The number of hydrogen-bond acceptors (Lipinski definition) is 3. The second-order valence-corrected chi connectivity index (χ2v) is 4.96. The van der Waals surface area contributed by atoms with E-state index in [4.69, 9.17) is 10.5 Å². The number of anilines is 1. The van der Waals surface area contributed by atoms with Crippen LogP contribution in [0.15, 0.2) is 18.2 Å². The molecule has 0 radical (unpaired) electrons. The maximum absolute atomic E-state index is 13.5. The van der Waals surface area contributed by atoms with E-state index in [-0.39, 0.29) is 5.75 Å². The fraction of sp³-hybridized carbons (Fsp3) is 0.571. The molecule has 0 bridgehead atoms. The second kappa shape index (κ2) is 6.59. The second-order valence-electron chi connectivity index (χ2n) is 4.96. The van der Waals surface area contributed by atoms with Crippen molar-refractivity contribution in [1.29, 1.82) is 0 Å². The highest BCUT2D eigenvalue weighted by atomic mass is 19.1. The molecular formula is C14H23FN2O. The highest BCUT2D eigenvalue weighted by molar-refractivity contribution is 5.42. The Morgan fingerprint density at radius 1 is 1.22 bits per heavy atom. The number of benzene rings is 1. The summed E-state index contributed by atoms with van der Waals surface area (Å²) in [5.41, 5.74) is 5.89. The maximum Gasteiger partial charge on any atom is 0.167 e. The molecule has 0 aliphatic heterocycles. The third-order valence-electron chi connectivity index (χ3n) is 2.89. The Labute approximate surface area is 109 Å². The minimum Gasteiger partial charge on any atom is -0.489 e. The highest BCUT2D eigenvalue weighted by Crippen LogP contribution is 2.19. The quantitative estimate of drug-likeness (QED) is 0.793. The molecule has 1 aromatic rings. The summed E-state index contributed by atoms with van der Waals surface area (Å²) in [6.45, 7) is 9.82. The minimum absolute atomic E-state index is 0.261. The smallest absolute Gasteiger partial charge is 0.167 e. The van der Waals surface area contributed by atoms with Gasteiger partial charge in [-0.3, -0.25) is 4.90 Å². The topological polar surface area (TPSA) is 38.5 Å². The van der Waals surface area contributed by atoms with E-state index in [1.165, 1.54) is 6.07 Å². The Hall–Kier alpha value is -1.29. The molecule has 0 saturated carbocycles. The van der Waals surface area contributed by atoms with Gasteiger partial charge in [0, 0.05) is 30.4 Å². The van der Waals surface area contributed by atoms with Crippen LogP contribution < -0.4 is 10.5 Å². The normalized spacial score (nSPS) is 11.6. The van der Waals surface area contributed by atoms with Gasteiger partial charge in [-0.25, -0.2) is 4.39 Å². The van der Waals surface area contributed by atoms with Crippen molar-refractivity contribution in [2.75, 3.05) is 18.9 Å². The monoisotopic (exact) mass is 254 g/mol. The zero-order valence-electron chi connectivity index (χ0n) is 11.6. The molecule has 3 nitrogen and oxygen atoms in total. The van der Waals surface area contributed by atoms with E-state index >= 15 is 0 Å². The Bertz CT molecular complexity index is 372. The van der Waals surface area contributed by atoms with Gasteiger partial charge in [0.1, 0.15) is 6.61 Å². The third-order valence-corrected chi connectivity index (χ3v) is 2.89. The van der Waals surface area contributed by atoms with Crippen molar-refractivity contribution in [3.63, 3.8) is 0 Å². The van der Waals surface area contributed by atoms with Gasteiger partial charge in [0.15, 0.2) is 11.6 Å². The number of nitrogens with two attached hydrogens (primary N) is 1. The lowest BCUT2D eigenvalue weighted by Crippen LogP contribution is -2.39.